The third kappa shape index (κ3) is 4.82. The van der Waals surface area contributed by atoms with Crippen LogP contribution in [0.2, 0.25) is 5.02 Å². The number of aromatic nitrogens is 3. The Morgan fingerprint density at radius 2 is 1.80 bits per heavy atom. The van der Waals surface area contributed by atoms with Gasteiger partial charge in [-0.25, -0.2) is 4.68 Å². The molecule has 30 heavy (non-hydrogen) atoms. The lowest BCUT2D eigenvalue weighted by atomic mass is 9.96. The Morgan fingerprint density at radius 1 is 1.10 bits per heavy atom. The minimum atomic E-state index is -0.0918. The minimum absolute atomic E-state index is 0.0918. The SMILES string of the molecule is CN(CC1CCN(c2ccccc2)CC1)C(=O)c1cn(Cc2ccccc2Cl)nn1. The number of halogens is 1. The maximum Gasteiger partial charge on any atom is 0.275 e. The molecule has 0 spiro atoms. The first-order chi connectivity index (χ1) is 14.6. The van der Waals surface area contributed by atoms with E-state index < -0.39 is 0 Å². The number of rotatable bonds is 6. The van der Waals surface area contributed by atoms with Gasteiger partial charge in [-0.1, -0.05) is 53.2 Å². The Hall–Kier alpha value is -2.86. The summed E-state index contributed by atoms with van der Waals surface area (Å²) in [4.78, 5) is 17.0. The molecule has 0 N–H and O–H groups in total. The zero-order chi connectivity index (χ0) is 20.9. The van der Waals surface area contributed by atoms with Crippen LogP contribution in [0.3, 0.4) is 0 Å². The summed E-state index contributed by atoms with van der Waals surface area (Å²) in [6.07, 6.45) is 3.84. The summed E-state index contributed by atoms with van der Waals surface area (Å²) >= 11 is 6.21. The third-order valence-corrected chi connectivity index (χ3v) is 6.03. The van der Waals surface area contributed by atoms with Crippen molar-refractivity contribution in [3.63, 3.8) is 0 Å². The highest BCUT2D eigenvalue weighted by Gasteiger charge is 2.24. The second-order valence-corrected chi connectivity index (χ2v) is 8.25. The van der Waals surface area contributed by atoms with Crippen molar-refractivity contribution < 1.29 is 4.79 Å². The fourth-order valence-electron chi connectivity index (χ4n) is 3.95. The largest absolute Gasteiger partial charge is 0.372 e. The lowest BCUT2D eigenvalue weighted by Gasteiger charge is -2.35. The number of anilines is 1. The van der Waals surface area contributed by atoms with Gasteiger partial charge in [-0.3, -0.25) is 4.79 Å². The number of piperidine rings is 1. The first-order valence-electron chi connectivity index (χ1n) is 10.3. The van der Waals surface area contributed by atoms with E-state index in [-0.39, 0.29) is 5.91 Å². The second kappa shape index (κ2) is 9.30. The highest BCUT2D eigenvalue weighted by Crippen LogP contribution is 2.24. The van der Waals surface area contributed by atoms with Crippen LogP contribution < -0.4 is 4.90 Å². The van der Waals surface area contributed by atoms with Crippen molar-refractivity contribution in [3.05, 3.63) is 77.1 Å². The zero-order valence-electron chi connectivity index (χ0n) is 17.1. The van der Waals surface area contributed by atoms with Gasteiger partial charge in [0.2, 0.25) is 0 Å². The van der Waals surface area contributed by atoms with E-state index >= 15 is 0 Å². The molecule has 1 saturated heterocycles. The van der Waals surface area contributed by atoms with Crippen LogP contribution >= 0.6 is 11.6 Å². The third-order valence-electron chi connectivity index (χ3n) is 5.66. The predicted molar refractivity (Wildman–Crippen MR) is 119 cm³/mol. The molecule has 7 heteroatoms. The zero-order valence-corrected chi connectivity index (χ0v) is 17.9. The average molecular weight is 424 g/mol. The molecule has 156 valence electrons. The van der Waals surface area contributed by atoms with Crippen LogP contribution in [0.25, 0.3) is 0 Å². The molecular formula is C23H26ClN5O. The lowest BCUT2D eigenvalue weighted by molar-refractivity contribution is 0.0759. The monoisotopic (exact) mass is 423 g/mol. The Bertz CT molecular complexity index is 982. The maximum absolute atomic E-state index is 12.8. The molecular weight excluding hydrogens is 398 g/mol. The molecule has 2 aromatic carbocycles. The molecule has 1 aliphatic heterocycles. The van der Waals surface area contributed by atoms with Crippen molar-refractivity contribution in [2.24, 2.45) is 5.92 Å². The summed E-state index contributed by atoms with van der Waals surface area (Å²) < 4.78 is 1.65. The van der Waals surface area contributed by atoms with E-state index in [4.69, 9.17) is 11.6 Å². The van der Waals surface area contributed by atoms with Gasteiger partial charge < -0.3 is 9.80 Å². The van der Waals surface area contributed by atoms with E-state index in [0.29, 0.717) is 23.2 Å². The summed E-state index contributed by atoms with van der Waals surface area (Å²) in [6.45, 7) is 3.26. The maximum atomic E-state index is 12.8. The average Bonchev–Trinajstić information content (AvgIpc) is 3.24. The molecule has 4 rings (SSSR count). The van der Waals surface area contributed by atoms with E-state index in [1.165, 1.54) is 5.69 Å². The fraction of sp³-hybridized carbons (Fsp3) is 0.348. The van der Waals surface area contributed by atoms with Gasteiger partial charge in [0, 0.05) is 37.4 Å². The van der Waals surface area contributed by atoms with Crippen molar-refractivity contribution in [2.45, 2.75) is 19.4 Å². The van der Waals surface area contributed by atoms with Crippen LogP contribution in [0.5, 0.6) is 0 Å². The predicted octanol–water partition coefficient (Wildman–Crippen LogP) is 3.97. The van der Waals surface area contributed by atoms with E-state index in [1.807, 2.05) is 37.4 Å². The summed E-state index contributed by atoms with van der Waals surface area (Å²) in [5, 5.41) is 8.86. The van der Waals surface area contributed by atoms with Gasteiger partial charge in [-0.2, -0.15) is 0 Å². The Kier molecular flexibility index (Phi) is 6.33. The van der Waals surface area contributed by atoms with Crippen LogP contribution in [0, 0.1) is 5.92 Å². The number of amides is 1. The Morgan fingerprint density at radius 3 is 2.53 bits per heavy atom. The molecule has 0 unspecified atom stereocenters. The molecule has 0 bridgehead atoms. The van der Waals surface area contributed by atoms with Gasteiger partial charge in [0.1, 0.15) is 0 Å². The normalized spacial score (nSPS) is 14.7. The van der Waals surface area contributed by atoms with Gasteiger partial charge in [-0.05, 0) is 42.5 Å². The summed E-state index contributed by atoms with van der Waals surface area (Å²) in [7, 11) is 1.85. The van der Waals surface area contributed by atoms with Gasteiger partial charge in [-0.15, -0.1) is 5.10 Å². The van der Waals surface area contributed by atoms with Crippen LogP contribution in [-0.4, -0.2) is 52.5 Å². The molecule has 0 saturated carbocycles. The van der Waals surface area contributed by atoms with Gasteiger partial charge >= 0.3 is 0 Å². The number of carbonyl (C=O) groups excluding carboxylic acids is 1. The van der Waals surface area contributed by atoms with Gasteiger partial charge in [0.05, 0.1) is 12.7 Å². The molecule has 1 fully saturated rings. The number of hydrogen-bond acceptors (Lipinski definition) is 4. The van der Waals surface area contributed by atoms with Crippen molar-refractivity contribution in [1.82, 2.24) is 19.9 Å². The van der Waals surface area contributed by atoms with Crippen LogP contribution in [0.15, 0.2) is 60.8 Å². The molecule has 3 aromatic rings. The van der Waals surface area contributed by atoms with Crippen molar-refractivity contribution >= 4 is 23.2 Å². The molecule has 0 atom stereocenters. The van der Waals surface area contributed by atoms with Crippen LogP contribution in [0.4, 0.5) is 5.69 Å². The minimum Gasteiger partial charge on any atom is -0.372 e. The van der Waals surface area contributed by atoms with E-state index in [0.717, 1.165) is 38.0 Å². The summed E-state index contributed by atoms with van der Waals surface area (Å²) in [5.41, 5.74) is 2.59. The number of para-hydroxylation sites is 1. The number of carbonyl (C=O) groups is 1. The smallest absolute Gasteiger partial charge is 0.275 e. The molecule has 1 amide bonds. The van der Waals surface area contributed by atoms with Gasteiger partial charge in [0.25, 0.3) is 5.91 Å². The summed E-state index contributed by atoms with van der Waals surface area (Å²) in [5.74, 6) is 0.406. The second-order valence-electron chi connectivity index (χ2n) is 7.84. The molecule has 0 aliphatic carbocycles. The first-order valence-corrected chi connectivity index (χ1v) is 10.7. The molecule has 1 aromatic heterocycles. The molecule has 6 nitrogen and oxygen atoms in total. The quantitative estimate of drug-likeness (QED) is 0.602. The summed E-state index contributed by atoms with van der Waals surface area (Å²) in [6, 6.07) is 18.1. The first kappa shape index (κ1) is 20.4. The Balaban J connectivity index is 1.30. The topological polar surface area (TPSA) is 54.3 Å². The van der Waals surface area contributed by atoms with Crippen LogP contribution in [0.1, 0.15) is 28.9 Å². The van der Waals surface area contributed by atoms with Crippen molar-refractivity contribution in [2.75, 3.05) is 31.6 Å². The van der Waals surface area contributed by atoms with E-state index in [9.17, 15) is 4.79 Å². The van der Waals surface area contributed by atoms with E-state index in [1.54, 1.807) is 15.8 Å². The highest BCUT2D eigenvalue weighted by molar-refractivity contribution is 6.31. The lowest BCUT2D eigenvalue weighted by Crippen LogP contribution is -2.39. The molecule has 1 aliphatic rings. The van der Waals surface area contributed by atoms with Crippen molar-refractivity contribution in [1.29, 1.82) is 0 Å². The molecule has 2 heterocycles. The van der Waals surface area contributed by atoms with Crippen molar-refractivity contribution in [3.8, 4) is 0 Å². The number of hydrogen-bond donors (Lipinski definition) is 0. The highest BCUT2D eigenvalue weighted by atomic mass is 35.5. The van der Waals surface area contributed by atoms with Gasteiger partial charge in [0.15, 0.2) is 5.69 Å². The number of benzene rings is 2. The Labute approximate surface area is 182 Å². The van der Waals surface area contributed by atoms with Crippen LogP contribution in [-0.2, 0) is 6.54 Å². The standard InChI is InChI=1S/C23H26ClN5O/c1-27(15-18-11-13-28(14-12-18)20-8-3-2-4-9-20)23(30)22-17-29(26-25-22)16-19-7-5-6-10-21(19)24/h2-10,17-18H,11-16H2,1H3. The van der Waals surface area contributed by atoms with E-state index in [2.05, 4.69) is 39.5 Å². The fourth-order valence-corrected chi connectivity index (χ4v) is 4.15. The molecule has 0 radical (unpaired) electrons. The number of nitrogens with zero attached hydrogens (tertiary/aromatic N) is 5.